The Bertz CT molecular complexity index is 819. The fraction of sp³-hybridized carbons (Fsp3) is 0.200. The number of esters is 1. The molecule has 0 spiro atoms. The third-order valence-corrected chi connectivity index (χ3v) is 3.40. The van der Waals surface area contributed by atoms with E-state index in [2.05, 4.69) is 11.6 Å². The number of hydrogen-bond acceptors (Lipinski definition) is 5. The van der Waals surface area contributed by atoms with E-state index in [0.717, 1.165) is 5.56 Å². The minimum absolute atomic E-state index is 0.174. The zero-order valence-corrected chi connectivity index (χ0v) is 12.6. The average molecular weight is 305 g/mol. The summed E-state index contributed by atoms with van der Waals surface area (Å²) in [4.78, 5) is 25.3. The highest BCUT2D eigenvalue weighted by Gasteiger charge is 2.08. The van der Waals surface area contributed by atoms with E-state index in [1.165, 1.54) is 18.3 Å². The van der Waals surface area contributed by atoms with Gasteiger partial charge in [0.25, 0.3) is 5.56 Å². The van der Waals surface area contributed by atoms with Crippen molar-refractivity contribution < 1.29 is 14.3 Å². The fourth-order valence-corrected chi connectivity index (χ4v) is 2.51. The number of H-pyrrole nitrogens is 1. The number of rotatable bonds is 4. The maximum absolute atomic E-state index is 11.7. The highest BCUT2D eigenvalue weighted by Crippen LogP contribution is 2.28. The lowest BCUT2D eigenvalue weighted by molar-refractivity contribution is -0.132. The Morgan fingerprint density at radius 1 is 1.43 bits per heavy atom. The van der Waals surface area contributed by atoms with E-state index in [1.807, 2.05) is 6.92 Å². The van der Waals surface area contributed by atoms with Gasteiger partial charge in [-0.1, -0.05) is 12.6 Å². The summed E-state index contributed by atoms with van der Waals surface area (Å²) in [5.41, 5.74) is 0.605. The second-order valence-corrected chi connectivity index (χ2v) is 5.36. The van der Waals surface area contributed by atoms with E-state index in [4.69, 9.17) is 9.47 Å². The van der Waals surface area contributed by atoms with Crippen LogP contribution in [-0.4, -0.2) is 17.6 Å². The van der Waals surface area contributed by atoms with E-state index in [-0.39, 0.29) is 5.56 Å². The molecular formula is C15H15NO4S. The fourth-order valence-electron chi connectivity index (χ4n) is 1.76. The molecule has 0 aliphatic heterocycles. The summed E-state index contributed by atoms with van der Waals surface area (Å²) in [5, 5.41) is 0. The molecule has 6 heteroatoms. The van der Waals surface area contributed by atoms with Crippen molar-refractivity contribution >= 4 is 30.0 Å². The molecule has 0 amide bonds. The predicted molar refractivity (Wildman–Crippen MR) is 82.2 cm³/mol. The zero-order chi connectivity index (χ0) is 15.4. The third-order valence-electron chi connectivity index (χ3n) is 2.53. The summed E-state index contributed by atoms with van der Waals surface area (Å²) >= 11 is 1.28. The minimum Gasteiger partial charge on any atom is -0.490 e. The molecule has 0 fully saturated rings. The first-order valence-corrected chi connectivity index (χ1v) is 7.16. The molecule has 21 heavy (non-hydrogen) atoms. The third kappa shape index (κ3) is 3.82. The normalized spacial score (nSPS) is 11.4. The molecule has 2 aromatic rings. The topological polar surface area (TPSA) is 68.4 Å². The highest BCUT2D eigenvalue weighted by molar-refractivity contribution is 7.07. The molecule has 0 unspecified atom stereocenters. The smallest absolute Gasteiger partial charge is 0.308 e. The van der Waals surface area contributed by atoms with E-state index in [0.29, 0.717) is 27.3 Å². The van der Waals surface area contributed by atoms with Crippen LogP contribution in [0.1, 0.15) is 19.4 Å². The van der Waals surface area contributed by atoms with Crippen molar-refractivity contribution in [3.8, 4) is 11.5 Å². The molecule has 1 heterocycles. The minimum atomic E-state index is -0.413. The van der Waals surface area contributed by atoms with Crippen molar-refractivity contribution in [2.75, 3.05) is 6.61 Å². The van der Waals surface area contributed by atoms with Gasteiger partial charge in [0.15, 0.2) is 11.5 Å². The lowest BCUT2D eigenvalue weighted by Crippen LogP contribution is -2.19. The molecule has 0 saturated heterocycles. The number of carbonyl (C=O) groups excluding carboxylic acids is 1. The number of ether oxygens (including phenoxy) is 2. The molecule has 0 aliphatic rings. The lowest BCUT2D eigenvalue weighted by atomic mass is 10.2. The van der Waals surface area contributed by atoms with Crippen LogP contribution in [0.3, 0.4) is 0 Å². The molecule has 1 N–H and O–H groups in total. The first-order valence-electron chi connectivity index (χ1n) is 6.34. The van der Waals surface area contributed by atoms with E-state index < -0.39 is 5.97 Å². The van der Waals surface area contributed by atoms with Crippen molar-refractivity contribution in [1.29, 1.82) is 0 Å². The standard InChI is InChI=1S/C15H15NO4S/c1-4-19-13-7-11(5-6-12(13)20-10(3)17)8-14-15(18)16-9(2)21-14/h5-8H,2,4H2,1,3H3,(H,16,18)/b14-8-. The molecule has 0 radical (unpaired) electrons. The molecule has 0 saturated carbocycles. The molecule has 110 valence electrons. The maximum atomic E-state index is 11.7. The SMILES string of the molecule is C=c1[nH]c(=O)/c(=C/c2ccc(OC(C)=O)c(OCC)c2)s1. The Balaban J connectivity index is 2.47. The van der Waals surface area contributed by atoms with Gasteiger partial charge in [0.1, 0.15) is 0 Å². The number of thiazole rings is 1. The quantitative estimate of drug-likeness (QED) is 0.676. The highest BCUT2D eigenvalue weighted by atomic mass is 32.1. The summed E-state index contributed by atoms with van der Waals surface area (Å²) in [6.07, 6.45) is 1.73. The van der Waals surface area contributed by atoms with Gasteiger partial charge in [-0.2, -0.15) is 0 Å². The van der Waals surface area contributed by atoms with Crippen LogP contribution in [0.15, 0.2) is 23.0 Å². The first-order chi connectivity index (χ1) is 9.99. The number of aromatic nitrogens is 1. The summed E-state index contributed by atoms with van der Waals surface area (Å²) in [6.45, 7) is 7.31. The van der Waals surface area contributed by atoms with Crippen LogP contribution < -0.4 is 24.2 Å². The molecule has 1 aromatic carbocycles. The second kappa shape index (κ2) is 6.41. The van der Waals surface area contributed by atoms with Gasteiger partial charge >= 0.3 is 5.97 Å². The Hall–Kier alpha value is -2.34. The molecular weight excluding hydrogens is 290 g/mol. The van der Waals surface area contributed by atoms with Gasteiger partial charge in [0.2, 0.25) is 0 Å². The second-order valence-electron chi connectivity index (χ2n) is 4.22. The lowest BCUT2D eigenvalue weighted by Gasteiger charge is -2.10. The van der Waals surface area contributed by atoms with Gasteiger partial charge in [0.05, 0.1) is 15.8 Å². The van der Waals surface area contributed by atoms with Gasteiger partial charge < -0.3 is 14.5 Å². The van der Waals surface area contributed by atoms with Crippen molar-refractivity contribution in [2.24, 2.45) is 0 Å². The number of nitrogens with one attached hydrogen (secondary N) is 1. The van der Waals surface area contributed by atoms with Crippen LogP contribution in [-0.2, 0) is 4.79 Å². The van der Waals surface area contributed by atoms with Crippen molar-refractivity contribution in [1.82, 2.24) is 4.98 Å². The molecule has 0 aliphatic carbocycles. The molecule has 0 atom stereocenters. The van der Waals surface area contributed by atoms with Crippen LogP contribution in [0, 0.1) is 0 Å². The van der Waals surface area contributed by atoms with Crippen LogP contribution in [0.25, 0.3) is 12.7 Å². The Labute approximate surface area is 125 Å². The van der Waals surface area contributed by atoms with Gasteiger partial charge in [-0.3, -0.25) is 9.59 Å². The van der Waals surface area contributed by atoms with Crippen LogP contribution in [0.5, 0.6) is 11.5 Å². The van der Waals surface area contributed by atoms with Crippen molar-refractivity contribution in [3.63, 3.8) is 0 Å². The Morgan fingerprint density at radius 3 is 2.76 bits per heavy atom. The zero-order valence-electron chi connectivity index (χ0n) is 11.8. The van der Waals surface area contributed by atoms with Gasteiger partial charge in [-0.15, -0.1) is 11.3 Å². The molecule has 1 aromatic heterocycles. The predicted octanol–water partition coefficient (Wildman–Crippen LogP) is 0.999. The van der Waals surface area contributed by atoms with Crippen LogP contribution in [0.4, 0.5) is 0 Å². The Kier molecular flexibility index (Phi) is 4.59. The van der Waals surface area contributed by atoms with Crippen molar-refractivity contribution in [2.45, 2.75) is 13.8 Å². The van der Waals surface area contributed by atoms with Crippen LogP contribution in [0.2, 0.25) is 0 Å². The monoisotopic (exact) mass is 305 g/mol. The molecule has 0 bridgehead atoms. The maximum Gasteiger partial charge on any atom is 0.308 e. The summed E-state index contributed by atoms with van der Waals surface area (Å²) in [7, 11) is 0. The van der Waals surface area contributed by atoms with E-state index in [1.54, 1.807) is 24.3 Å². The summed E-state index contributed by atoms with van der Waals surface area (Å²) in [6, 6.07) is 5.12. The van der Waals surface area contributed by atoms with Crippen LogP contribution >= 0.6 is 11.3 Å². The van der Waals surface area contributed by atoms with E-state index in [9.17, 15) is 9.59 Å². The number of carbonyl (C=O) groups is 1. The average Bonchev–Trinajstić information content (AvgIpc) is 2.71. The van der Waals surface area contributed by atoms with Gasteiger partial charge in [0, 0.05) is 6.92 Å². The number of benzene rings is 1. The van der Waals surface area contributed by atoms with Gasteiger partial charge in [-0.05, 0) is 30.7 Å². The van der Waals surface area contributed by atoms with Crippen molar-refractivity contribution in [3.05, 3.63) is 43.3 Å². The van der Waals surface area contributed by atoms with E-state index >= 15 is 0 Å². The Morgan fingerprint density at radius 2 is 2.19 bits per heavy atom. The molecule has 5 nitrogen and oxygen atoms in total. The number of aromatic amines is 1. The summed E-state index contributed by atoms with van der Waals surface area (Å²) in [5.74, 6) is 0.410. The number of hydrogen-bond donors (Lipinski definition) is 1. The summed E-state index contributed by atoms with van der Waals surface area (Å²) < 4.78 is 11.7. The van der Waals surface area contributed by atoms with Gasteiger partial charge in [-0.25, -0.2) is 0 Å². The first kappa shape index (κ1) is 15.1. The largest absolute Gasteiger partial charge is 0.490 e. The molecule has 2 rings (SSSR count).